The maximum absolute atomic E-state index is 16.1. The number of benzene rings is 2. The lowest BCUT2D eigenvalue weighted by Gasteiger charge is -2.27. The number of carbonyl (C=O) groups is 2. The van der Waals surface area contributed by atoms with Crippen LogP contribution in [-0.4, -0.2) is 26.5 Å². The van der Waals surface area contributed by atoms with Gasteiger partial charge in [-0.15, -0.1) is 5.92 Å². The molecule has 2 aromatic carbocycles. The molecule has 4 aromatic rings. The summed E-state index contributed by atoms with van der Waals surface area (Å²) in [5.74, 6) is 1.40. The molecule has 0 aliphatic carbocycles. The fraction of sp³-hybridized carbons (Fsp3) is 0.333. The van der Waals surface area contributed by atoms with Gasteiger partial charge < -0.3 is 15.0 Å². The van der Waals surface area contributed by atoms with Gasteiger partial charge in [0.1, 0.15) is 17.7 Å². The fourth-order valence-corrected chi connectivity index (χ4v) is 6.22. The third kappa shape index (κ3) is 9.48. The molecule has 12 heteroatoms. The van der Waals surface area contributed by atoms with Crippen molar-refractivity contribution in [2.75, 3.05) is 0 Å². The zero-order chi connectivity index (χ0) is 37.6. The van der Waals surface area contributed by atoms with Crippen LogP contribution in [0.25, 0.3) is 11.1 Å². The number of alkyl halides is 3. The van der Waals surface area contributed by atoms with Gasteiger partial charge in [-0.05, 0) is 110 Å². The second-order valence-corrected chi connectivity index (χ2v) is 12.8. The molecular weight excluding hydrogens is 669 g/mol. The van der Waals surface area contributed by atoms with Crippen molar-refractivity contribution >= 4 is 11.9 Å². The van der Waals surface area contributed by atoms with Gasteiger partial charge in [0, 0.05) is 29.7 Å². The molecular formula is C39H38F5N3O4. The number of nitrogens with zero attached hydrogens (tertiary/aromatic N) is 2. The largest absolute Gasteiger partial charge is 0.481 e. The average molecular weight is 708 g/mol. The highest BCUT2D eigenvalue weighted by Gasteiger charge is 2.36. The Morgan fingerprint density at radius 2 is 1.71 bits per heavy atom. The number of aliphatic carboxylic acids is 1. The number of rotatable bonds is 12. The predicted molar refractivity (Wildman–Crippen MR) is 183 cm³/mol. The smallest absolute Gasteiger partial charge is 0.416 e. The molecule has 1 amide bonds. The highest BCUT2D eigenvalue weighted by molar-refractivity contribution is 5.82. The third-order valence-corrected chi connectivity index (χ3v) is 8.40. The monoisotopic (exact) mass is 707 g/mol. The first-order valence-electron chi connectivity index (χ1n) is 16.3. The molecule has 0 spiro atoms. The van der Waals surface area contributed by atoms with Crippen LogP contribution in [0, 0.1) is 43.2 Å². The van der Waals surface area contributed by atoms with Crippen LogP contribution in [0.4, 0.5) is 22.0 Å². The van der Waals surface area contributed by atoms with Crippen LogP contribution in [0.2, 0.25) is 0 Å². The maximum Gasteiger partial charge on any atom is 0.416 e. The Morgan fingerprint density at radius 1 is 1.02 bits per heavy atom. The van der Waals surface area contributed by atoms with Crippen molar-refractivity contribution in [3.05, 3.63) is 122 Å². The van der Waals surface area contributed by atoms with Gasteiger partial charge in [0.05, 0.1) is 23.6 Å². The number of nitrogens with one attached hydrogen (secondary N) is 1. The lowest BCUT2D eigenvalue weighted by atomic mass is 9.90. The van der Waals surface area contributed by atoms with Crippen LogP contribution in [0.1, 0.15) is 84.8 Å². The molecule has 4 rings (SSSR count). The second kappa shape index (κ2) is 16.1. The van der Waals surface area contributed by atoms with Crippen molar-refractivity contribution in [3.8, 4) is 23.0 Å². The first kappa shape index (κ1) is 38.5. The van der Waals surface area contributed by atoms with E-state index in [2.05, 4.69) is 22.1 Å². The van der Waals surface area contributed by atoms with Gasteiger partial charge in [-0.1, -0.05) is 25.8 Å². The van der Waals surface area contributed by atoms with Crippen LogP contribution in [0.3, 0.4) is 0 Å². The van der Waals surface area contributed by atoms with Crippen LogP contribution in [0.15, 0.2) is 65.7 Å². The zero-order valence-corrected chi connectivity index (χ0v) is 28.8. The van der Waals surface area contributed by atoms with E-state index in [1.165, 1.54) is 37.4 Å². The van der Waals surface area contributed by atoms with E-state index in [9.17, 15) is 37.1 Å². The molecule has 2 aromatic heterocycles. The molecule has 268 valence electrons. The van der Waals surface area contributed by atoms with E-state index in [-0.39, 0.29) is 41.9 Å². The highest BCUT2D eigenvalue weighted by atomic mass is 19.4. The summed E-state index contributed by atoms with van der Waals surface area (Å²) in [6, 6.07) is 8.04. The van der Waals surface area contributed by atoms with E-state index >= 15 is 4.39 Å². The van der Waals surface area contributed by atoms with Crippen LogP contribution < -0.4 is 10.9 Å². The number of aryl methyl sites for hydroxylation is 4. The summed E-state index contributed by atoms with van der Waals surface area (Å²) >= 11 is 0. The summed E-state index contributed by atoms with van der Waals surface area (Å²) in [5, 5.41) is 12.4. The third-order valence-electron chi connectivity index (χ3n) is 8.40. The quantitative estimate of drug-likeness (QED) is 0.115. The SMILES string of the molecule is CC#Cc1cc(-c2c(C)cc(F)cc2C)cc([C@H](CC(=O)O)NC(=O)[C@H](CC(C)C)n2cc(CCc3ccccn3)c(C(F)(F)F)cc2=O)c1F. The summed E-state index contributed by atoms with van der Waals surface area (Å²) in [7, 11) is 0. The molecule has 0 radical (unpaired) electrons. The number of hydrogen-bond acceptors (Lipinski definition) is 4. The van der Waals surface area contributed by atoms with Gasteiger partial charge in [0.15, 0.2) is 0 Å². The molecule has 2 atom stereocenters. The number of amides is 1. The number of hydrogen-bond donors (Lipinski definition) is 2. The topological polar surface area (TPSA) is 101 Å². The minimum atomic E-state index is -4.86. The number of halogens is 5. The Morgan fingerprint density at radius 3 is 2.27 bits per heavy atom. The van der Waals surface area contributed by atoms with Crippen molar-refractivity contribution in [1.29, 1.82) is 0 Å². The van der Waals surface area contributed by atoms with Crippen molar-refractivity contribution < 1.29 is 36.6 Å². The average Bonchev–Trinajstić information content (AvgIpc) is 3.03. The number of aromatic nitrogens is 2. The molecule has 0 aliphatic heterocycles. The molecule has 0 unspecified atom stereocenters. The second-order valence-electron chi connectivity index (χ2n) is 12.8. The van der Waals surface area contributed by atoms with Crippen molar-refractivity contribution in [1.82, 2.24) is 14.9 Å². The Labute approximate surface area is 292 Å². The summed E-state index contributed by atoms with van der Waals surface area (Å²) in [5.41, 5.74) is -0.229. The van der Waals surface area contributed by atoms with E-state index in [4.69, 9.17) is 0 Å². The zero-order valence-electron chi connectivity index (χ0n) is 28.8. The van der Waals surface area contributed by atoms with E-state index in [1.54, 1.807) is 45.9 Å². The Balaban J connectivity index is 1.83. The number of carbonyl (C=O) groups excluding carboxylic acids is 1. The normalized spacial score (nSPS) is 12.6. The predicted octanol–water partition coefficient (Wildman–Crippen LogP) is 7.90. The van der Waals surface area contributed by atoms with Crippen LogP contribution in [0.5, 0.6) is 0 Å². The molecule has 2 heterocycles. The molecule has 0 fully saturated rings. The van der Waals surface area contributed by atoms with Gasteiger partial charge in [-0.25, -0.2) is 8.78 Å². The Hall–Kier alpha value is -5.31. The Bertz CT molecular complexity index is 2020. The number of pyridine rings is 2. The lowest BCUT2D eigenvalue weighted by Crippen LogP contribution is -2.40. The Kier molecular flexibility index (Phi) is 12.2. The van der Waals surface area contributed by atoms with Gasteiger partial charge >= 0.3 is 12.1 Å². The van der Waals surface area contributed by atoms with E-state index in [0.717, 1.165) is 10.8 Å². The van der Waals surface area contributed by atoms with Crippen LogP contribution >= 0.6 is 0 Å². The molecule has 51 heavy (non-hydrogen) atoms. The molecule has 7 nitrogen and oxygen atoms in total. The number of carboxylic acid groups (broad SMARTS) is 1. The van der Waals surface area contributed by atoms with Crippen molar-refractivity contribution in [2.24, 2.45) is 5.92 Å². The van der Waals surface area contributed by atoms with Gasteiger partial charge in [-0.2, -0.15) is 13.2 Å². The molecule has 0 bridgehead atoms. The molecule has 0 saturated heterocycles. The fourth-order valence-electron chi connectivity index (χ4n) is 6.22. The van der Waals surface area contributed by atoms with Crippen molar-refractivity contribution in [3.63, 3.8) is 0 Å². The standard InChI is InChI=1S/C39H38F5N3O4/c1-6-9-25-17-27(36-23(4)15-28(40)16-24(36)5)18-30(37(25)41)32(20-35(49)50)46-38(51)33(14-22(2)3)47-21-26(11-12-29-10-7-8-13-45-29)31(19-34(47)48)39(42,43)44/h7-8,10,13,15-19,21-22,32-33H,11-12,14,20H2,1-5H3,(H,46,51)(H,49,50)/t32-,33-/m0/s1. The van der Waals surface area contributed by atoms with Gasteiger partial charge in [-0.3, -0.25) is 19.4 Å². The summed E-state index contributed by atoms with van der Waals surface area (Å²) < 4.78 is 73.6. The summed E-state index contributed by atoms with van der Waals surface area (Å²) in [4.78, 5) is 43.7. The minimum absolute atomic E-state index is 0.0143. The van der Waals surface area contributed by atoms with E-state index in [1.807, 2.05) is 0 Å². The first-order chi connectivity index (χ1) is 24.0. The maximum atomic E-state index is 16.1. The highest BCUT2D eigenvalue weighted by Crippen LogP contribution is 2.35. The summed E-state index contributed by atoms with van der Waals surface area (Å²) in [6.07, 6.45) is -3.15. The van der Waals surface area contributed by atoms with E-state index < -0.39 is 59.3 Å². The molecule has 2 N–H and O–H groups in total. The lowest BCUT2D eigenvalue weighted by molar-refractivity contribution is -0.139. The molecule has 0 saturated carbocycles. The number of carboxylic acids is 1. The first-order valence-corrected chi connectivity index (χ1v) is 16.3. The van der Waals surface area contributed by atoms with Gasteiger partial charge in [0.25, 0.3) is 5.56 Å². The van der Waals surface area contributed by atoms with E-state index in [0.29, 0.717) is 34.0 Å². The van der Waals surface area contributed by atoms with Gasteiger partial charge in [0.2, 0.25) is 5.91 Å². The summed E-state index contributed by atoms with van der Waals surface area (Å²) in [6.45, 7) is 8.31. The van der Waals surface area contributed by atoms with Crippen molar-refractivity contribution in [2.45, 2.75) is 78.6 Å². The molecule has 0 aliphatic rings. The van der Waals surface area contributed by atoms with Crippen LogP contribution in [-0.2, 0) is 28.6 Å². The minimum Gasteiger partial charge on any atom is -0.481 e.